The van der Waals surface area contributed by atoms with E-state index in [9.17, 15) is 0 Å². The lowest BCUT2D eigenvalue weighted by atomic mass is 9.73. The van der Waals surface area contributed by atoms with E-state index in [1.807, 2.05) is 0 Å². The molecule has 0 bridgehead atoms. The first kappa shape index (κ1) is 13.4. The Morgan fingerprint density at radius 3 is 1.69 bits per heavy atom. The lowest BCUT2D eigenvalue weighted by Crippen LogP contribution is -2.30. The van der Waals surface area contributed by atoms with Crippen LogP contribution in [0.15, 0.2) is 0 Å². The third-order valence-electron chi connectivity index (χ3n) is 3.29. The largest absolute Gasteiger partial charge is 0.175 e. The van der Waals surface area contributed by atoms with E-state index >= 15 is 0 Å². The van der Waals surface area contributed by atoms with Gasteiger partial charge in [-0.2, -0.15) is 12.6 Å². The van der Waals surface area contributed by atoms with Crippen molar-refractivity contribution in [2.24, 2.45) is 5.41 Å². The fourth-order valence-electron chi connectivity index (χ4n) is 2.48. The molecule has 0 amide bonds. The molecule has 0 saturated carbocycles. The third-order valence-corrected chi connectivity index (χ3v) is 4.21. The molecule has 0 aromatic heterocycles. The molecule has 0 aliphatic rings. The van der Waals surface area contributed by atoms with Gasteiger partial charge in [0.2, 0.25) is 0 Å². The first-order chi connectivity index (χ1) is 6.16. The zero-order valence-corrected chi connectivity index (χ0v) is 10.7. The summed E-state index contributed by atoms with van der Waals surface area (Å²) >= 11 is 4.76. The third kappa shape index (κ3) is 3.53. The summed E-state index contributed by atoms with van der Waals surface area (Å²) in [5.74, 6) is 0. The minimum Gasteiger partial charge on any atom is -0.175 e. The van der Waals surface area contributed by atoms with Crippen molar-refractivity contribution in [3.8, 4) is 0 Å². The molecule has 0 radical (unpaired) electrons. The number of hydrogen-bond donors (Lipinski definition) is 1. The summed E-state index contributed by atoms with van der Waals surface area (Å²) in [6, 6.07) is 0. The standard InChI is InChI=1S/C12H26S/c1-5-9-12(8-4,10-6-2)11(13)7-3/h11,13H,5-10H2,1-4H3. The van der Waals surface area contributed by atoms with Crippen LogP contribution in [-0.2, 0) is 0 Å². The molecule has 0 nitrogen and oxygen atoms in total. The maximum absolute atomic E-state index is 4.76. The predicted molar refractivity (Wildman–Crippen MR) is 65.6 cm³/mol. The second-order valence-electron chi connectivity index (χ2n) is 4.14. The average Bonchev–Trinajstić information content (AvgIpc) is 2.16. The molecule has 80 valence electrons. The van der Waals surface area contributed by atoms with Crippen molar-refractivity contribution in [1.82, 2.24) is 0 Å². The van der Waals surface area contributed by atoms with Gasteiger partial charge in [0.25, 0.3) is 0 Å². The Balaban J connectivity index is 4.42. The summed E-state index contributed by atoms with van der Waals surface area (Å²) in [6.07, 6.45) is 7.78. The molecule has 0 N–H and O–H groups in total. The molecule has 0 heterocycles. The zero-order chi connectivity index (χ0) is 10.3. The Bertz CT molecular complexity index is 114. The van der Waals surface area contributed by atoms with Gasteiger partial charge in [0.15, 0.2) is 0 Å². The van der Waals surface area contributed by atoms with Crippen molar-refractivity contribution in [3.63, 3.8) is 0 Å². The van der Waals surface area contributed by atoms with E-state index in [1.54, 1.807) is 0 Å². The molecule has 0 spiro atoms. The molecule has 1 unspecified atom stereocenters. The van der Waals surface area contributed by atoms with Crippen LogP contribution in [0.1, 0.15) is 66.2 Å². The maximum atomic E-state index is 4.76. The number of rotatable bonds is 7. The summed E-state index contributed by atoms with van der Waals surface area (Å²) in [6.45, 7) is 9.16. The van der Waals surface area contributed by atoms with Crippen LogP contribution in [0, 0.1) is 5.41 Å². The van der Waals surface area contributed by atoms with E-state index in [0.29, 0.717) is 10.7 Å². The highest BCUT2D eigenvalue weighted by Gasteiger charge is 2.31. The van der Waals surface area contributed by atoms with E-state index in [-0.39, 0.29) is 0 Å². The topological polar surface area (TPSA) is 0 Å². The Labute approximate surface area is 89.9 Å². The van der Waals surface area contributed by atoms with Crippen molar-refractivity contribution in [2.75, 3.05) is 0 Å². The van der Waals surface area contributed by atoms with Gasteiger partial charge in [-0.1, -0.05) is 40.5 Å². The quantitative estimate of drug-likeness (QED) is 0.569. The van der Waals surface area contributed by atoms with Gasteiger partial charge in [-0.15, -0.1) is 0 Å². The van der Waals surface area contributed by atoms with E-state index < -0.39 is 0 Å². The van der Waals surface area contributed by atoms with E-state index in [0.717, 1.165) is 0 Å². The van der Waals surface area contributed by atoms with Gasteiger partial charge in [0.05, 0.1) is 0 Å². The van der Waals surface area contributed by atoms with Gasteiger partial charge in [-0.3, -0.25) is 0 Å². The molecule has 0 fully saturated rings. The van der Waals surface area contributed by atoms with E-state index in [2.05, 4.69) is 27.7 Å². The van der Waals surface area contributed by atoms with Gasteiger partial charge in [0, 0.05) is 5.25 Å². The molecule has 0 saturated heterocycles. The highest BCUT2D eigenvalue weighted by molar-refractivity contribution is 7.81. The summed E-state index contributed by atoms with van der Waals surface area (Å²) in [5.41, 5.74) is 0.515. The van der Waals surface area contributed by atoms with Crippen molar-refractivity contribution < 1.29 is 0 Å². The Kier molecular flexibility index (Phi) is 6.93. The fraction of sp³-hybridized carbons (Fsp3) is 1.00. The second kappa shape index (κ2) is 6.75. The molecule has 0 aromatic carbocycles. The molecule has 13 heavy (non-hydrogen) atoms. The van der Waals surface area contributed by atoms with E-state index in [4.69, 9.17) is 12.6 Å². The molecule has 1 atom stereocenters. The molecule has 0 aromatic rings. The fourth-order valence-corrected chi connectivity index (χ4v) is 2.92. The zero-order valence-electron chi connectivity index (χ0n) is 9.77. The van der Waals surface area contributed by atoms with Crippen molar-refractivity contribution in [1.29, 1.82) is 0 Å². The van der Waals surface area contributed by atoms with Crippen molar-refractivity contribution in [3.05, 3.63) is 0 Å². The predicted octanol–water partition coefficient (Wildman–Crippen LogP) is 4.69. The van der Waals surface area contributed by atoms with Gasteiger partial charge >= 0.3 is 0 Å². The molecule has 0 aliphatic carbocycles. The summed E-state index contributed by atoms with van der Waals surface area (Å²) in [4.78, 5) is 0. The Morgan fingerprint density at radius 2 is 1.46 bits per heavy atom. The van der Waals surface area contributed by atoms with Gasteiger partial charge in [0.1, 0.15) is 0 Å². The average molecular weight is 202 g/mol. The molecule has 1 heteroatoms. The summed E-state index contributed by atoms with van der Waals surface area (Å²) < 4.78 is 0. The minimum atomic E-state index is 0.515. The molecule has 0 aliphatic heterocycles. The first-order valence-corrected chi connectivity index (χ1v) is 6.36. The van der Waals surface area contributed by atoms with Gasteiger partial charge in [-0.25, -0.2) is 0 Å². The van der Waals surface area contributed by atoms with Crippen LogP contribution in [0.5, 0.6) is 0 Å². The summed E-state index contributed by atoms with van der Waals surface area (Å²) in [7, 11) is 0. The second-order valence-corrected chi connectivity index (χ2v) is 4.76. The van der Waals surface area contributed by atoms with Gasteiger partial charge < -0.3 is 0 Å². The van der Waals surface area contributed by atoms with Crippen molar-refractivity contribution >= 4 is 12.6 Å². The highest BCUT2D eigenvalue weighted by atomic mass is 32.1. The Hall–Kier alpha value is 0.350. The Morgan fingerprint density at radius 1 is 1.00 bits per heavy atom. The monoisotopic (exact) mass is 202 g/mol. The van der Waals surface area contributed by atoms with Crippen molar-refractivity contribution in [2.45, 2.75) is 71.5 Å². The minimum absolute atomic E-state index is 0.515. The normalized spacial score (nSPS) is 14.5. The van der Waals surface area contributed by atoms with Crippen LogP contribution in [0.4, 0.5) is 0 Å². The molecular formula is C12H26S. The van der Waals surface area contributed by atoms with Crippen LogP contribution in [0.2, 0.25) is 0 Å². The van der Waals surface area contributed by atoms with Crippen LogP contribution in [-0.4, -0.2) is 5.25 Å². The molecule has 0 rings (SSSR count). The van der Waals surface area contributed by atoms with Crippen LogP contribution in [0.25, 0.3) is 0 Å². The lowest BCUT2D eigenvalue weighted by molar-refractivity contribution is 0.213. The summed E-state index contributed by atoms with van der Waals surface area (Å²) in [5, 5.41) is 0.595. The van der Waals surface area contributed by atoms with Crippen LogP contribution in [0.3, 0.4) is 0 Å². The smallest absolute Gasteiger partial charge is 0.00705 e. The lowest BCUT2D eigenvalue weighted by Gasteiger charge is -2.37. The van der Waals surface area contributed by atoms with E-state index in [1.165, 1.54) is 38.5 Å². The maximum Gasteiger partial charge on any atom is 0.00705 e. The van der Waals surface area contributed by atoms with Crippen LogP contribution >= 0.6 is 12.6 Å². The highest BCUT2D eigenvalue weighted by Crippen LogP contribution is 2.41. The van der Waals surface area contributed by atoms with Crippen LogP contribution < -0.4 is 0 Å². The SMILES string of the molecule is CCCC(CC)(CCC)C(S)CC. The number of thiol groups is 1. The number of hydrogen-bond acceptors (Lipinski definition) is 1. The molecular weight excluding hydrogens is 176 g/mol. The first-order valence-electron chi connectivity index (χ1n) is 5.84. The van der Waals surface area contributed by atoms with Gasteiger partial charge in [-0.05, 0) is 31.1 Å².